The predicted molar refractivity (Wildman–Crippen MR) is 57.8 cm³/mol. The minimum Gasteiger partial charge on any atom is -0.229 e. The molecule has 1 aliphatic rings. The second kappa shape index (κ2) is 4.42. The van der Waals surface area contributed by atoms with E-state index in [1.165, 1.54) is 0 Å². The van der Waals surface area contributed by atoms with Crippen LogP contribution in [0.4, 0.5) is 0 Å². The van der Waals surface area contributed by atoms with E-state index in [1.807, 2.05) is 0 Å². The van der Waals surface area contributed by atoms with Crippen molar-refractivity contribution in [2.45, 2.75) is 6.42 Å². The lowest BCUT2D eigenvalue weighted by molar-refractivity contribution is 0.446. The molecule has 0 amide bonds. The van der Waals surface area contributed by atoms with Gasteiger partial charge >= 0.3 is 0 Å². The van der Waals surface area contributed by atoms with Crippen molar-refractivity contribution in [1.29, 1.82) is 0 Å². The number of alkyl halides is 2. The van der Waals surface area contributed by atoms with Crippen LogP contribution < -0.4 is 0 Å². The average molecular weight is 320 g/mol. The highest BCUT2D eigenvalue weighted by atomic mass is 79.9. The van der Waals surface area contributed by atoms with Crippen LogP contribution in [-0.4, -0.2) is 30.6 Å². The average Bonchev–Trinajstić information content (AvgIpc) is 2.34. The van der Waals surface area contributed by atoms with Crippen molar-refractivity contribution in [3.8, 4) is 0 Å². The molecule has 0 aromatic heterocycles. The molecule has 1 atom stereocenters. The third-order valence-electron chi connectivity index (χ3n) is 2.33. The minimum atomic E-state index is -2.70. The Hall–Kier alpha value is 0.910. The lowest BCUT2D eigenvalue weighted by atomic mass is 9.96. The summed E-state index contributed by atoms with van der Waals surface area (Å²) < 4.78 is 22.3. The highest BCUT2D eigenvalue weighted by Gasteiger charge is 2.32. The van der Waals surface area contributed by atoms with Gasteiger partial charge in [0.2, 0.25) is 0 Å². The first-order valence-electron chi connectivity index (χ1n) is 3.91. The maximum Gasteiger partial charge on any atom is 0.150 e. The summed E-state index contributed by atoms with van der Waals surface area (Å²) in [5.74, 6) is 1.58. The van der Waals surface area contributed by atoms with Gasteiger partial charge in [-0.2, -0.15) is 0 Å². The Balaban J connectivity index is 2.56. The molecule has 1 aliphatic heterocycles. The molecule has 1 rings (SSSR count). The molecule has 12 heavy (non-hydrogen) atoms. The zero-order valence-corrected chi connectivity index (χ0v) is 10.7. The third-order valence-corrected chi connectivity index (χ3v) is 5.79. The number of rotatable bonds is 3. The summed E-state index contributed by atoms with van der Waals surface area (Å²) in [5.41, 5.74) is 0. The van der Waals surface area contributed by atoms with Crippen molar-refractivity contribution in [3.05, 3.63) is 0 Å². The second-order valence-corrected chi connectivity index (χ2v) is 6.76. The summed E-state index contributed by atoms with van der Waals surface area (Å²) >= 11 is 6.80. The first kappa shape index (κ1) is 11.0. The SMILES string of the molecule is O=S1(=O)CCC(C(CBr)CBr)C1. The number of hydrogen-bond donors (Lipinski definition) is 0. The lowest BCUT2D eigenvalue weighted by Crippen LogP contribution is -2.18. The first-order chi connectivity index (χ1) is 5.59. The number of sulfone groups is 1. The highest BCUT2D eigenvalue weighted by molar-refractivity contribution is 9.09. The smallest absolute Gasteiger partial charge is 0.150 e. The second-order valence-electron chi connectivity index (χ2n) is 3.23. The van der Waals surface area contributed by atoms with Crippen molar-refractivity contribution in [3.63, 3.8) is 0 Å². The van der Waals surface area contributed by atoms with E-state index in [1.54, 1.807) is 0 Å². The molecule has 1 unspecified atom stereocenters. The molecular formula is C7H12Br2O2S. The summed E-state index contributed by atoms with van der Waals surface area (Å²) in [5, 5.41) is 1.77. The maximum atomic E-state index is 11.1. The first-order valence-corrected chi connectivity index (χ1v) is 7.98. The van der Waals surface area contributed by atoms with Crippen LogP contribution in [0.25, 0.3) is 0 Å². The van der Waals surface area contributed by atoms with Crippen LogP contribution in [0.1, 0.15) is 6.42 Å². The summed E-state index contributed by atoms with van der Waals surface area (Å²) in [6.45, 7) is 0. The Morgan fingerprint density at radius 1 is 1.33 bits per heavy atom. The molecule has 2 nitrogen and oxygen atoms in total. The highest BCUT2D eigenvalue weighted by Crippen LogP contribution is 2.28. The van der Waals surface area contributed by atoms with Gasteiger partial charge in [-0.25, -0.2) is 8.42 Å². The van der Waals surface area contributed by atoms with Crippen LogP contribution in [-0.2, 0) is 9.84 Å². The molecule has 0 N–H and O–H groups in total. The van der Waals surface area contributed by atoms with E-state index in [0.29, 0.717) is 23.3 Å². The Morgan fingerprint density at radius 3 is 2.25 bits per heavy atom. The molecule has 0 saturated carbocycles. The molecule has 1 saturated heterocycles. The minimum absolute atomic E-state index is 0.355. The monoisotopic (exact) mass is 318 g/mol. The Labute approximate surface area is 90.3 Å². The zero-order valence-electron chi connectivity index (χ0n) is 6.67. The lowest BCUT2D eigenvalue weighted by Gasteiger charge is -2.16. The number of hydrogen-bond acceptors (Lipinski definition) is 2. The van der Waals surface area contributed by atoms with Crippen LogP contribution >= 0.6 is 31.9 Å². The van der Waals surface area contributed by atoms with Gasteiger partial charge in [-0.1, -0.05) is 31.9 Å². The van der Waals surface area contributed by atoms with Crippen LogP contribution in [0.15, 0.2) is 0 Å². The van der Waals surface area contributed by atoms with E-state index in [-0.39, 0.29) is 0 Å². The topological polar surface area (TPSA) is 34.1 Å². The van der Waals surface area contributed by atoms with Gasteiger partial charge in [-0.15, -0.1) is 0 Å². The zero-order chi connectivity index (χ0) is 9.19. The molecule has 0 bridgehead atoms. The van der Waals surface area contributed by atoms with Gasteiger partial charge in [0.25, 0.3) is 0 Å². The summed E-state index contributed by atoms with van der Waals surface area (Å²) in [4.78, 5) is 0. The Morgan fingerprint density at radius 2 is 1.92 bits per heavy atom. The van der Waals surface area contributed by atoms with Crippen LogP contribution in [0.2, 0.25) is 0 Å². The summed E-state index contributed by atoms with van der Waals surface area (Å²) in [6, 6.07) is 0. The molecule has 1 fully saturated rings. The summed E-state index contributed by atoms with van der Waals surface area (Å²) in [7, 11) is -2.70. The Kier molecular flexibility index (Phi) is 4.05. The van der Waals surface area contributed by atoms with Gasteiger partial charge in [0, 0.05) is 10.7 Å². The van der Waals surface area contributed by atoms with Crippen molar-refractivity contribution >= 4 is 41.7 Å². The largest absolute Gasteiger partial charge is 0.229 e. The fourth-order valence-corrected chi connectivity index (χ4v) is 5.54. The Bertz CT molecular complexity index is 234. The van der Waals surface area contributed by atoms with E-state index >= 15 is 0 Å². The van der Waals surface area contributed by atoms with Crippen LogP contribution in [0.5, 0.6) is 0 Å². The normalized spacial score (nSPS) is 28.1. The molecule has 1 heterocycles. The fraction of sp³-hybridized carbons (Fsp3) is 1.00. The van der Waals surface area contributed by atoms with Crippen molar-refractivity contribution < 1.29 is 8.42 Å². The molecule has 0 aliphatic carbocycles. The van der Waals surface area contributed by atoms with Crippen molar-refractivity contribution in [2.75, 3.05) is 22.2 Å². The van der Waals surface area contributed by atoms with Gasteiger partial charge in [0.05, 0.1) is 11.5 Å². The van der Waals surface area contributed by atoms with Gasteiger partial charge in [-0.05, 0) is 18.3 Å². The molecule has 5 heteroatoms. The van der Waals surface area contributed by atoms with Crippen molar-refractivity contribution in [2.24, 2.45) is 11.8 Å². The van der Waals surface area contributed by atoms with E-state index in [0.717, 1.165) is 17.1 Å². The third kappa shape index (κ3) is 2.70. The molecular weight excluding hydrogens is 308 g/mol. The molecule has 0 spiro atoms. The van der Waals surface area contributed by atoms with Gasteiger partial charge in [0.15, 0.2) is 9.84 Å². The molecule has 0 aromatic rings. The van der Waals surface area contributed by atoms with E-state index in [2.05, 4.69) is 31.9 Å². The van der Waals surface area contributed by atoms with E-state index in [9.17, 15) is 8.42 Å². The molecule has 0 radical (unpaired) electrons. The van der Waals surface area contributed by atoms with E-state index < -0.39 is 9.84 Å². The summed E-state index contributed by atoms with van der Waals surface area (Å²) in [6.07, 6.45) is 0.838. The van der Waals surface area contributed by atoms with Crippen LogP contribution in [0.3, 0.4) is 0 Å². The van der Waals surface area contributed by atoms with Gasteiger partial charge in [0.1, 0.15) is 0 Å². The van der Waals surface area contributed by atoms with E-state index in [4.69, 9.17) is 0 Å². The van der Waals surface area contributed by atoms with Gasteiger partial charge in [-0.3, -0.25) is 0 Å². The van der Waals surface area contributed by atoms with Crippen LogP contribution in [0, 0.1) is 11.8 Å². The molecule has 0 aromatic carbocycles. The maximum absolute atomic E-state index is 11.1. The number of halogens is 2. The quantitative estimate of drug-likeness (QED) is 0.744. The standard InChI is InChI=1S/C7H12Br2O2S/c8-3-7(4-9)6-1-2-12(10,11)5-6/h6-7H,1-5H2. The molecule has 72 valence electrons. The van der Waals surface area contributed by atoms with Gasteiger partial charge < -0.3 is 0 Å². The fourth-order valence-electron chi connectivity index (χ4n) is 1.49. The predicted octanol–water partition coefficient (Wildman–Crippen LogP) is 1.83. The van der Waals surface area contributed by atoms with Crippen molar-refractivity contribution in [1.82, 2.24) is 0 Å².